The second-order valence-electron chi connectivity index (χ2n) is 14.7. The second kappa shape index (κ2) is 19.5. The summed E-state index contributed by atoms with van der Waals surface area (Å²) >= 11 is 8.11. The molecule has 0 saturated carbocycles. The number of thioether (sulfide) groups is 1. The van der Waals surface area contributed by atoms with Crippen molar-refractivity contribution < 1.29 is 28.7 Å². The molecule has 4 amide bonds. The van der Waals surface area contributed by atoms with Gasteiger partial charge in [0.1, 0.15) is 18.1 Å². The molecule has 3 unspecified atom stereocenters. The molecule has 3 aliphatic heterocycles. The molecule has 0 aliphatic carbocycles. The lowest BCUT2D eigenvalue weighted by Crippen LogP contribution is -2.57. The van der Waals surface area contributed by atoms with Crippen LogP contribution in [0.5, 0.6) is 0 Å². The predicted molar refractivity (Wildman–Crippen MR) is 215 cm³/mol. The Bertz CT molecular complexity index is 1800. The van der Waals surface area contributed by atoms with Gasteiger partial charge in [-0.15, -0.1) is 11.8 Å². The number of halogens is 1. The van der Waals surface area contributed by atoms with Crippen molar-refractivity contribution in [3.05, 3.63) is 101 Å². The van der Waals surface area contributed by atoms with Gasteiger partial charge in [-0.3, -0.25) is 24.1 Å². The average Bonchev–Trinajstić information content (AvgIpc) is 3.51. The highest BCUT2D eigenvalue weighted by atomic mass is 35.5. The van der Waals surface area contributed by atoms with Gasteiger partial charge in [-0.1, -0.05) is 78.3 Å². The van der Waals surface area contributed by atoms with Crippen LogP contribution in [0.1, 0.15) is 68.9 Å². The maximum absolute atomic E-state index is 15.0. The molecule has 292 valence electrons. The Labute approximate surface area is 333 Å². The van der Waals surface area contributed by atoms with Crippen molar-refractivity contribution >= 4 is 58.6 Å². The van der Waals surface area contributed by atoms with Crippen LogP contribution < -0.4 is 15.5 Å². The Morgan fingerprint density at radius 3 is 2.25 bits per heavy atom. The number of carbonyl (C=O) groups is 5. The first-order chi connectivity index (χ1) is 26.7. The number of carbonyl (C=O) groups excluding carboxylic acids is 5. The third kappa shape index (κ3) is 10.3. The van der Waals surface area contributed by atoms with Gasteiger partial charge in [0.25, 0.3) is 0 Å². The summed E-state index contributed by atoms with van der Waals surface area (Å²) in [5.41, 5.74) is 2.50. The third-order valence-electron chi connectivity index (χ3n) is 11.0. The molecule has 6 rings (SSSR count). The summed E-state index contributed by atoms with van der Waals surface area (Å²) in [5.74, 6) is -1.83. The number of nitrogens with one attached hydrogen (secondary N) is 2. The first-order valence-corrected chi connectivity index (χ1v) is 20.9. The summed E-state index contributed by atoms with van der Waals surface area (Å²) < 4.78 is 5.08. The summed E-state index contributed by atoms with van der Waals surface area (Å²) in [6, 6.07) is 24.4. The molecule has 10 nitrogen and oxygen atoms in total. The van der Waals surface area contributed by atoms with Gasteiger partial charge in [-0.05, 0) is 106 Å². The van der Waals surface area contributed by atoms with Crippen LogP contribution >= 0.6 is 23.4 Å². The van der Waals surface area contributed by atoms with Gasteiger partial charge in [-0.25, -0.2) is 4.79 Å². The Balaban J connectivity index is 1.28. The lowest BCUT2D eigenvalue weighted by atomic mass is 9.86. The predicted octanol–water partition coefficient (Wildman–Crippen LogP) is 6.34. The van der Waals surface area contributed by atoms with Gasteiger partial charge < -0.3 is 20.3 Å². The lowest BCUT2D eigenvalue weighted by molar-refractivity contribution is -0.156. The third-order valence-corrected chi connectivity index (χ3v) is 12.6. The highest BCUT2D eigenvalue weighted by Gasteiger charge is 2.44. The topological polar surface area (TPSA) is 125 Å². The Morgan fingerprint density at radius 1 is 0.873 bits per heavy atom. The molecule has 0 aromatic heterocycles. The standard InChI is InChI=1S/C43H51ClN4O6S/c1-54-43(53)37-19-11-20-38-48(37)42(52)35(23-25-55-38)46-39(49)31(26-29-12-4-2-5-13-29)21-22-32(27-30-14-6-3-7-15-30)41(51)47(34-17-10-16-33(44)28-34)36-18-8-9-24-45-40(36)50/h2-7,10,12-17,28,31-32,35-38H,8-9,11,18-27H2,1H3,(H,45,50)(H,46,49)/t31-,32-,35?,36+,37?,38?/m1/s1. The molecule has 6 atom stereocenters. The number of rotatable bonds is 13. The van der Waals surface area contributed by atoms with Gasteiger partial charge in [-0.2, -0.15) is 0 Å². The van der Waals surface area contributed by atoms with E-state index >= 15 is 4.79 Å². The zero-order valence-electron chi connectivity index (χ0n) is 31.4. The number of hydrogen-bond donors (Lipinski definition) is 2. The molecule has 0 bridgehead atoms. The number of amides is 4. The first-order valence-electron chi connectivity index (χ1n) is 19.5. The minimum Gasteiger partial charge on any atom is -0.467 e. The van der Waals surface area contributed by atoms with Crippen LogP contribution in [-0.2, 0) is 41.6 Å². The molecule has 3 aliphatic rings. The van der Waals surface area contributed by atoms with E-state index in [1.165, 1.54) is 7.11 Å². The quantitative estimate of drug-likeness (QED) is 0.194. The molecule has 12 heteroatoms. The number of fused-ring (bicyclic) bond motifs is 1. The van der Waals surface area contributed by atoms with E-state index in [0.29, 0.717) is 68.0 Å². The zero-order valence-corrected chi connectivity index (χ0v) is 32.9. The van der Waals surface area contributed by atoms with E-state index in [1.807, 2.05) is 66.7 Å². The number of ether oxygens (including phenoxy) is 1. The summed E-state index contributed by atoms with van der Waals surface area (Å²) in [4.78, 5) is 73.1. The molecule has 2 N–H and O–H groups in total. The minimum absolute atomic E-state index is 0.143. The van der Waals surface area contributed by atoms with Gasteiger partial charge in [0.2, 0.25) is 23.6 Å². The summed E-state index contributed by atoms with van der Waals surface area (Å²) in [6.45, 7) is 0.556. The fourth-order valence-electron chi connectivity index (χ4n) is 8.13. The Kier molecular flexibility index (Phi) is 14.3. The molecule has 3 aromatic carbocycles. The van der Waals surface area contributed by atoms with Gasteiger partial charge >= 0.3 is 5.97 Å². The minimum atomic E-state index is -0.789. The summed E-state index contributed by atoms with van der Waals surface area (Å²) in [7, 11) is 1.34. The smallest absolute Gasteiger partial charge is 0.328 e. The van der Waals surface area contributed by atoms with Crippen LogP contribution in [0.2, 0.25) is 5.02 Å². The van der Waals surface area contributed by atoms with Crippen LogP contribution in [0.3, 0.4) is 0 Å². The highest BCUT2D eigenvalue weighted by molar-refractivity contribution is 7.99. The van der Waals surface area contributed by atoms with Crippen molar-refractivity contribution in [2.75, 3.05) is 24.3 Å². The van der Waals surface area contributed by atoms with E-state index < -0.39 is 35.9 Å². The van der Waals surface area contributed by atoms with Crippen LogP contribution in [0.4, 0.5) is 5.69 Å². The Morgan fingerprint density at radius 2 is 1.56 bits per heavy atom. The van der Waals surface area contributed by atoms with Crippen molar-refractivity contribution in [1.82, 2.24) is 15.5 Å². The Hall–Kier alpha value is -4.35. The lowest BCUT2D eigenvalue weighted by Gasteiger charge is -2.40. The number of esters is 1. The van der Waals surface area contributed by atoms with Gasteiger partial charge in [0.05, 0.1) is 12.5 Å². The SMILES string of the molecule is COC(=O)C1CCCC2SCCC(NC(=O)[C@H](CC[C@H](Cc3ccccc3)C(=O)N(c3cccc(Cl)c3)[C@H]3CCCCNC3=O)Cc3ccccc3)C(=O)N21. The molecule has 3 aromatic rings. The molecule has 3 fully saturated rings. The summed E-state index contributed by atoms with van der Waals surface area (Å²) in [6.07, 6.45) is 6.24. The maximum atomic E-state index is 15.0. The number of methoxy groups -OCH3 is 1. The van der Waals surface area contributed by atoms with Crippen molar-refractivity contribution in [3.8, 4) is 0 Å². The molecule has 3 heterocycles. The number of benzene rings is 3. The second-order valence-corrected chi connectivity index (χ2v) is 16.5. The van der Waals surface area contributed by atoms with Crippen molar-refractivity contribution in [2.24, 2.45) is 11.8 Å². The van der Waals surface area contributed by atoms with Crippen LogP contribution in [0.15, 0.2) is 84.9 Å². The largest absolute Gasteiger partial charge is 0.467 e. The van der Waals surface area contributed by atoms with Gasteiger partial charge in [0.15, 0.2) is 0 Å². The monoisotopic (exact) mass is 786 g/mol. The zero-order chi connectivity index (χ0) is 38.7. The van der Waals surface area contributed by atoms with E-state index in [0.717, 1.165) is 36.8 Å². The molecular weight excluding hydrogens is 736 g/mol. The van der Waals surface area contributed by atoms with E-state index in [-0.39, 0.29) is 29.0 Å². The van der Waals surface area contributed by atoms with E-state index in [1.54, 1.807) is 39.8 Å². The number of anilines is 1. The first kappa shape index (κ1) is 40.3. The number of nitrogens with zero attached hydrogens (tertiary/aromatic N) is 2. The molecule has 0 radical (unpaired) electrons. The average molecular weight is 787 g/mol. The number of hydrogen-bond acceptors (Lipinski definition) is 7. The van der Waals surface area contributed by atoms with E-state index in [2.05, 4.69) is 10.6 Å². The summed E-state index contributed by atoms with van der Waals surface area (Å²) in [5, 5.41) is 6.42. The van der Waals surface area contributed by atoms with Crippen molar-refractivity contribution in [3.63, 3.8) is 0 Å². The number of piperidine rings is 1. The fourth-order valence-corrected chi connectivity index (χ4v) is 9.70. The molecule has 0 spiro atoms. The molecular formula is C43H51ClN4O6S. The van der Waals surface area contributed by atoms with Crippen LogP contribution in [-0.4, -0.2) is 77.4 Å². The van der Waals surface area contributed by atoms with Crippen LogP contribution in [0, 0.1) is 11.8 Å². The molecule has 3 saturated heterocycles. The van der Waals surface area contributed by atoms with E-state index in [9.17, 15) is 19.2 Å². The molecule has 55 heavy (non-hydrogen) atoms. The van der Waals surface area contributed by atoms with Crippen LogP contribution in [0.25, 0.3) is 0 Å². The van der Waals surface area contributed by atoms with E-state index in [4.69, 9.17) is 16.3 Å². The van der Waals surface area contributed by atoms with Crippen molar-refractivity contribution in [2.45, 2.75) is 94.1 Å². The van der Waals surface area contributed by atoms with Crippen molar-refractivity contribution in [1.29, 1.82) is 0 Å². The fraction of sp³-hybridized carbons (Fsp3) is 0.465. The maximum Gasteiger partial charge on any atom is 0.328 e. The normalized spacial score (nSPS) is 22.5. The highest BCUT2D eigenvalue weighted by Crippen LogP contribution is 2.35. The van der Waals surface area contributed by atoms with Gasteiger partial charge in [0, 0.05) is 29.1 Å².